The second kappa shape index (κ2) is 5.78. The van der Waals surface area contributed by atoms with E-state index in [9.17, 15) is 0 Å². The minimum Gasteiger partial charge on any atom is -0.373 e. The summed E-state index contributed by atoms with van der Waals surface area (Å²) >= 11 is 0. The van der Waals surface area contributed by atoms with Gasteiger partial charge in [0, 0.05) is 0 Å². The standard InChI is InChI=1S/C18H21NO/c1-13-7-12-17(20-13)18(19)16-10-8-15(9-11-16)14-5-3-2-4-6-14/h2-6,8-11,13,17-18H,7,12,19H2,1H3. The Labute approximate surface area is 120 Å². The number of rotatable bonds is 3. The average Bonchev–Trinajstić information content (AvgIpc) is 2.94. The van der Waals surface area contributed by atoms with Crippen LogP contribution < -0.4 is 5.73 Å². The molecular formula is C18H21NO. The summed E-state index contributed by atoms with van der Waals surface area (Å²) < 4.78 is 5.87. The lowest BCUT2D eigenvalue weighted by Gasteiger charge is -2.20. The third kappa shape index (κ3) is 2.77. The zero-order chi connectivity index (χ0) is 13.9. The van der Waals surface area contributed by atoms with Crippen molar-refractivity contribution in [1.29, 1.82) is 0 Å². The van der Waals surface area contributed by atoms with Gasteiger partial charge in [0.1, 0.15) is 0 Å². The second-order valence-corrected chi connectivity index (χ2v) is 5.58. The summed E-state index contributed by atoms with van der Waals surface area (Å²) in [6.07, 6.45) is 2.67. The maximum atomic E-state index is 6.33. The first kappa shape index (κ1) is 13.3. The van der Waals surface area contributed by atoms with Crippen LogP contribution in [0.5, 0.6) is 0 Å². The summed E-state index contributed by atoms with van der Waals surface area (Å²) in [5.74, 6) is 0. The molecule has 104 valence electrons. The maximum Gasteiger partial charge on any atom is 0.0772 e. The summed E-state index contributed by atoms with van der Waals surface area (Å²) in [5, 5.41) is 0. The zero-order valence-corrected chi connectivity index (χ0v) is 11.8. The molecule has 3 unspecified atom stereocenters. The van der Waals surface area contributed by atoms with Gasteiger partial charge in [0.05, 0.1) is 18.2 Å². The molecule has 1 aliphatic rings. The van der Waals surface area contributed by atoms with Crippen LogP contribution in [0.3, 0.4) is 0 Å². The quantitative estimate of drug-likeness (QED) is 0.914. The fourth-order valence-corrected chi connectivity index (χ4v) is 2.84. The molecule has 2 nitrogen and oxygen atoms in total. The molecule has 20 heavy (non-hydrogen) atoms. The molecule has 0 aromatic heterocycles. The summed E-state index contributed by atoms with van der Waals surface area (Å²) in [4.78, 5) is 0. The number of hydrogen-bond donors (Lipinski definition) is 1. The summed E-state index contributed by atoms with van der Waals surface area (Å²) in [7, 11) is 0. The van der Waals surface area contributed by atoms with Crippen LogP contribution in [0.2, 0.25) is 0 Å². The molecule has 3 rings (SSSR count). The van der Waals surface area contributed by atoms with Crippen molar-refractivity contribution in [3.8, 4) is 11.1 Å². The maximum absolute atomic E-state index is 6.33. The van der Waals surface area contributed by atoms with E-state index >= 15 is 0 Å². The van der Waals surface area contributed by atoms with Gasteiger partial charge in [-0.2, -0.15) is 0 Å². The Bertz CT molecular complexity index is 549. The SMILES string of the molecule is CC1CCC(C(N)c2ccc(-c3ccccc3)cc2)O1. The lowest BCUT2D eigenvalue weighted by molar-refractivity contribution is 0.0401. The van der Waals surface area contributed by atoms with E-state index in [1.807, 2.05) is 6.07 Å². The lowest BCUT2D eigenvalue weighted by atomic mass is 9.97. The van der Waals surface area contributed by atoms with Gasteiger partial charge >= 0.3 is 0 Å². The van der Waals surface area contributed by atoms with Gasteiger partial charge in [-0.25, -0.2) is 0 Å². The highest BCUT2D eigenvalue weighted by atomic mass is 16.5. The highest BCUT2D eigenvalue weighted by Crippen LogP contribution is 2.29. The monoisotopic (exact) mass is 267 g/mol. The lowest BCUT2D eigenvalue weighted by Crippen LogP contribution is -2.26. The van der Waals surface area contributed by atoms with Crippen LogP contribution in [0.1, 0.15) is 31.4 Å². The van der Waals surface area contributed by atoms with Crippen LogP contribution in [0.25, 0.3) is 11.1 Å². The second-order valence-electron chi connectivity index (χ2n) is 5.58. The molecule has 2 heteroatoms. The average molecular weight is 267 g/mol. The van der Waals surface area contributed by atoms with Gasteiger partial charge in [0.2, 0.25) is 0 Å². The van der Waals surface area contributed by atoms with Crippen molar-refractivity contribution >= 4 is 0 Å². The van der Waals surface area contributed by atoms with Crippen molar-refractivity contribution in [3.63, 3.8) is 0 Å². The predicted molar refractivity (Wildman–Crippen MR) is 82.4 cm³/mol. The Morgan fingerprint density at radius 2 is 1.60 bits per heavy atom. The largest absolute Gasteiger partial charge is 0.373 e. The van der Waals surface area contributed by atoms with Crippen molar-refractivity contribution < 1.29 is 4.74 Å². The molecule has 0 aliphatic carbocycles. The first-order valence-electron chi connectivity index (χ1n) is 7.30. The molecule has 0 radical (unpaired) electrons. The molecule has 1 heterocycles. The Morgan fingerprint density at radius 3 is 2.20 bits per heavy atom. The van der Waals surface area contributed by atoms with Crippen molar-refractivity contribution in [2.75, 3.05) is 0 Å². The van der Waals surface area contributed by atoms with Crippen LogP contribution >= 0.6 is 0 Å². The number of nitrogens with two attached hydrogens (primary N) is 1. The minimum atomic E-state index is -0.0234. The van der Waals surface area contributed by atoms with Gasteiger partial charge in [-0.15, -0.1) is 0 Å². The highest BCUT2D eigenvalue weighted by molar-refractivity contribution is 5.63. The topological polar surface area (TPSA) is 35.2 Å². The number of hydrogen-bond acceptors (Lipinski definition) is 2. The van der Waals surface area contributed by atoms with Crippen molar-refractivity contribution in [2.24, 2.45) is 5.73 Å². The molecule has 0 amide bonds. The van der Waals surface area contributed by atoms with E-state index in [1.165, 1.54) is 11.1 Å². The van der Waals surface area contributed by atoms with Crippen LogP contribution in [0.4, 0.5) is 0 Å². The fraction of sp³-hybridized carbons (Fsp3) is 0.333. The van der Waals surface area contributed by atoms with E-state index in [2.05, 4.69) is 55.5 Å². The molecule has 3 atom stereocenters. The van der Waals surface area contributed by atoms with Gasteiger partial charge in [0.15, 0.2) is 0 Å². The van der Waals surface area contributed by atoms with Gasteiger partial charge in [-0.1, -0.05) is 54.6 Å². The highest BCUT2D eigenvalue weighted by Gasteiger charge is 2.28. The molecule has 1 saturated heterocycles. The molecular weight excluding hydrogens is 246 g/mol. The first-order chi connectivity index (χ1) is 9.74. The molecule has 2 aromatic carbocycles. The third-order valence-corrected chi connectivity index (χ3v) is 4.07. The van der Waals surface area contributed by atoms with Crippen molar-refractivity contribution in [1.82, 2.24) is 0 Å². The molecule has 2 aromatic rings. The molecule has 0 saturated carbocycles. The van der Waals surface area contributed by atoms with Crippen molar-refractivity contribution in [2.45, 2.75) is 38.0 Å². The van der Waals surface area contributed by atoms with Gasteiger partial charge in [0.25, 0.3) is 0 Å². The van der Waals surface area contributed by atoms with Crippen LogP contribution in [-0.4, -0.2) is 12.2 Å². The number of ether oxygens (including phenoxy) is 1. The number of benzene rings is 2. The minimum absolute atomic E-state index is 0.0234. The summed E-state index contributed by atoms with van der Waals surface area (Å²) in [5.41, 5.74) is 9.94. The third-order valence-electron chi connectivity index (χ3n) is 4.07. The zero-order valence-electron chi connectivity index (χ0n) is 11.8. The van der Waals surface area contributed by atoms with Gasteiger partial charge in [-0.3, -0.25) is 0 Å². The Kier molecular flexibility index (Phi) is 3.86. The van der Waals surface area contributed by atoms with Crippen molar-refractivity contribution in [3.05, 3.63) is 60.2 Å². The molecule has 0 bridgehead atoms. The smallest absolute Gasteiger partial charge is 0.0772 e. The van der Waals surface area contributed by atoms with Crippen LogP contribution in [0.15, 0.2) is 54.6 Å². The van der Waals surface area contributed by atoms with Gasteiger partial charge in [-0.05, 0) is 36.5 Å². The van der Waals surface area contributed by atoms with E-state index < -0.39 is 0 Å². The summed E-state index contributed by atoms with van der Waals surface area (Å²) in [6.45, 7) is 2.12. The Balaban J connectivity index is 1.76. The van der Waals surface area contributed by atoms with Crippen LogP contribution in [0, 0.1) is 0 Å². The van der Waals surface area contributed by atoms with E-state index in [4.69, 9.17) is 10.5 Å². The van der Waals surface area contributed by atoms with E-state index in [0.717, 1.165) is 18.4 Å². The Hall–Kier alpha value is -1.64. The normalized spacial score (nSPS) is 23.7. The van der Waals surface area contributed by atoms with Gasteiger partial charge < -0.3 is 10.5 Å². The first-order valence-corrected chi connectivity index (χ1v) is 7.30. The summed E-state index contributed by atoms with van der Waals surface area (Å²) in [6, 6.07) is 18.9. The molecule has 1 aliphatic heterocycles. The van der Waals surface area contributed by atoms with E-state index in [0.29, 0.717) is 6.10 Å². The molecule has 0 spiro atoms. The fourth-order valence-electron chi connectivity index (χ4n) is 2.84. The molecule has 2 N–H and O–H groups in total. The predicted octanol–water partition coefficient (Wildman–Crippen LogP) is 3.92. The molecule has 1 fully saturated rings. The van der Waals surface area contributed by atoms with E-state index in [1.54, 1.807) is 0 Å². The van der Waals surface area contributed by atoms with Crippen LogP contribution in [-0.2, 0) is 4.74 Å². The van der Waals surface area contributed by atoms with E-state index in [-0.39, 0.29) is 12.1 Å². The Morgan fingerprint density at radius 1 is 0.950 bits per heavy atom.